The van der Waals surface area contributed by atoms with Gasteiger partial charge in [-0.1, -0.05) is 37.5 Å². The third kappa shape index (κ3) is 3.57. The van der Waals surface area contributed by atoms with Crippen LogP contribution in [0.3, 0.4) is 0 Å². The van der Waals surface area contributed by atoms with Gasteiger partial charge >= 0.3 is 5.97 Å². The van der Waals surface area contributed by atoms with Gasteiger partial charge in [-0.05, 0) is 25.8 Å². The third-order valence-corrected chi connectivity index (χ3v) is 3.87. The standard InChI is InChI=1S/C17H20O4/c1-2-21-17(20)14-11-7-6-10-13(14)16(19)15(18)12-8-4-3-5-9-12/h6-7,10-12H,2-5,8-9H2,1H3. The first-order valence-electron chi connectivity index (χ1n) is 7.49. The van der Waals surface area contributed by atoms with Gasteiger partial charge in [-0.3, -0.25) is 9.59 Å². The fraction of sp³-hybridized carbons (Fsp3) is 0.471. The first-order chi connectivity index (χ1) is 10.1. The fourth-order valence-electron chi connectivity index (χ4n) is 2.75. The predicted molar refractivity (Wildman–Crippen MR) is 78.3 cm³/mol. The predicted octanol–water partition coefficient (Wildman–Crippen LogP) is 3.20. The molecule has 0 saturated heterocycles. The van der Waals surface area contributed by atoms with Crippen LogP contribution in [0, 0.1) is 5.92 Å². The number of carbonyl (C=O) groups is 3. The van der Waals surface area contributed by atoms with Crippen molar-refractivity contribution in [3.63, 3.8) is 0 Å². The quantitative estimate of drug-likeness (QED) is 0.474. The number of carbonyl (C=O) groups excluding carboxylic acids is 3. The molecule has 4 heteroatoms. The average Bonchev–Trinajstić information content (AvgIpc) is 2.54. The molecule has 0 amide bonds. The first kappa shape index (κ1) is 15.4. The van der Waals surface area contributed by atoms with Crippen LogP contribution in [0.15, 0.2) is 24.3 Å². The van der Waals surface area contributed by atoms with Gasteiger partial charge in [-0.25, -0.2) is 4.79 Å². The lowest BCUT2D eigenvalue weighted by Crippen LogP contribution is -2.27. The Bertz CT molecular complexity index is 541. The monoisotopic (exact) mass is 288 g/mol. The minimum absolute atomic E-state index is 0.159. The van der Waals surface area contributed by atoms with E-state index in [0.717, 1.165) is 32.1 Å². The summed E-state index contributed by atoms with van der Waals surface area (Å²) in [5.41, 5.74) is 0.333. The van der Waals surface area contributed by atoms with Crippen LogP contribution in [0.1, 0.15) is 59.7 Å². The smallest absolute Gasteiger partial charge is 0.338 e. The van der Waals surface area contributed by atoms with E-state index < -0.39 is 11.8 Å². The van der Waals surface area contributed by atoms with E-state index in [1.165, 1.54) is 12.1 Å². The van der Waals surface area contributed by atoms with Crippen molar-refractivity contribution in [3.8, 4) is 0 Å². The molecule has 0 radical (unpaired) electrons. The van der Waals surface area contributed by atoms with Crippen LogP contribution in [0.25, 0.3) is 0 Å². The van der Waals surface area contributed by atoms with Gasteiger partial charge in [-0.15, -0.1) is 0 Å². The zero-order valence-electron chi connectivity index (χ0n) is 12.3. The van der Waals surface area contributed by atoms with E-state index in [-0.39, 0.29) is 29.4 Å². The minimum atomic E-state index is -0.564. The second-order valence-corrected chi connectivity index (χ2v) is 5.29. The maximum absolute atomic E-state index is 12.4. The molecule has 0 spiro atoms. The summed E-state index contributed by atoms with van der Waals surface area (Å²) in [6, 6.07) is 6.37. The zero-order valence-corrected chi connectivity index (χ0v) is 12.3. The number of ketones is 2. The van der Waals surface area contributed by atoms with Gasteiger partial charge in [0.2, 0.25) is 11.6 Å². The number of esters is 1. The SMILES string of the molecule is CCOC(=O)c1ccccc1C(=O)C(=O)C1CCCCC1. The summed E-state index contributed by atoms with van der Waals surface area (Å²) >= 11 is 0. The molecule has 2 rings (SSSR count). The van der Waals surface area contributed by atoms with Crippen molar-refractivity contribution in [1.82, 2.24) is 0 Å². The van der Waals surface area contributed by atoms with Crippen molar-refractivity contribution in [3.05, 3.63) is 35.4 Å². The molecule has 0 aromatic heterocycles. The van der Waals surface area contributed by atoms with Crippen molar-refractivity contribution in [1.29, 1.82) is 0 Å². The van der Waals surface area contributed by atoms with E-state index in [2.05, 4.69) is 0 Å². The normalized spacial score (nSPS) is 15.5. The van der Waals surface area contributed by atoms with Gasteiger partial charge in [0.15, 0.2) is 0 Å². The van der Waals surface area contributed by atoms with Crippen LogP contribution < -0.4 is 0 Å². The van der Waals surface area contributed by atoms with Crippen LogP contribution >= 0.6 is 0 Å². The van der Waals surface area contributed by atoms with Crippen molar-refractivity contribution < 1.29 is 19.1 Å². The van der Waals surface area contributed by atoms with Gasteiger partial charge in [0.05, 0.1) is 12.2 Å². The van der Waals surface area contributed by atoms with Crippen LogP contribution in [0.4, 0.5) is 0 Å². The Morgan fingerprint density at radius 3 is 2.29 bits per heavy atom. The molecule has 1 saturated carbocycles. The zero-order chi connectivity index (χ0) is 15.2. The topological polar surface area (TPSA) is 60.4 Å². The number of hydrogen-bond donors (Lipinski definition) is 0. The molecule has 0 N–H and O–H groups in total. The van der Waals surface area contributed by atoms with Crippen LogP contribution in [0.2, 0.25) is 0 Å². The van der Waals surface area contributed by atoms with Crippen molar-refractivity contribution >= 4 is 17.5 Å². The molecule has 0 atom stereocenters. The van der Waals surface area contributed by atoms with Crippen LogP contribution in [0.5, 0.6) is 0 Å². The Labute approximate surface area is 124 Å². The Hall–Kier alpha value is -1.97. The highest BCUT2D eigenvalue weighted by Crippen LogP contribution is 2.26. The molecule has 1 aliphatic carbocycles. The Kier molecular flexibility index (Phi) is 5.26. The lowest BCUT2D eigenvalue weighted by molar-refractivity contribution is -0.119. The van der Waals surface area contributed by atoms with Crippen molar-refractivity contribution in [2.24, 2.45) is 5.92 Å². The molecule has 1 fully saturated rings. The highest BCUT2D eigenvalue weighted by molar-refractivity contribution is 6.45. The summed E-state index contributed by atoms with van der Waals surface area (Å²) in [5, 5.41) is 0. The number of hydrogen-bond acceptors (Lipinski definition) is 4. The van der Waals surface area contributed by atoms with Crippen molar-refractivity contribution in [2.45, 2.75) is 39.0 Å². The van der Waals surface area contributed by atoms with Gasteiger partial charge in [0.25, 0.3) is 0 Å². The molecule has 1 aromatic rings. The van der Waals surface area contributed by atoms with Gasteiger partial charge < -0.3 is 4.74 Å². The fourth-order valence-corrected chi connectivity index (χ4v) is 2.75. The number of rotatable bonds is 5. The Morgan fingerprint density at radius 2 is 1.67 bits per heavy atom. The van der Waals surface area contributed by atoms with Gasteiger partial charge in [0, 0.05) is 11.5 Å². The minimum Gasteiger partial charge on any atom is -0.462 e. The molecular formula is C17H20O4. The summed E-state index contributed by atoms with van der Waals surface area (Å²) in [5.74, 6) is -1.68. The largest absolute Gasteiger partial charge is 0.462 e. The number of benzene rings is 1. The number of Topliss-reactive ketones (excluding diaryl/α,β-unsaturated/α-hetero) is 2. The Balaban J connectivity index is 2.22. The molecular weight excluding hydrogens is 268 g/mol. The Morgan fingerprint density at radius 1 is 1.05 bits per heavy atom. The molecule has 0 bridgehead atoms. The molecule has 1 aromatic carbocycles. The van der Waals surface area contributed by atoms with Crippen LogP contribution in [-0.2, 0) is 9.53 Å². The summed E-state index contributed by atoms with van der Waals surface area (Å²) in [7, 11) is 0. The average molecular weight is 288 g/mol. The number of ether oxygens (including phenoxy) is 1. The second kappa shape index (κ2) is 7.16. The van der Waals surface area contributed by atoms with Gasteiger partial charge in [0.1, 0.15) is 0 Å². The lowest BCUT2D eigenvalue weighted by Gasteiger charge is -2.19. The highest BCUT2D eigenvalue weighted by atomic mass is 16.5. The van der Waals surface area contributed by atoms with E-state index in [0.29, 0.717) is 0 Å². The van der Waals surface area contributed by atoms with E-state index in [4.69, 9.17) is 4.74 Å². The van der Waals surface area contributed by atoms with Crippen molar-refractivity contribution in [2.75, 3.05) is 6.61 Å². The molecule has 0 unspecified atom stereocenters. The van der Waals surface area contributed by atoms with Gasteiger partial charge in [-0.2, -0.15) is 0 Å². The summed E-state index contributed by atoms with van der Waals surface area (Å²) in [4.78, 5) is 36.6. The molecule has 112 valence electrons. The van der Waals surface area contributed by atoms with E-state index in [1.54, 1.807) is 19.1 Å². The maximum Gasteiger partial charge on any atom is 0.338 e. The van der Waals surface area contributed by atoms with E-state index in [1.807, 2.05) is 0 Å². The summed E-state index contributed by atoms with van der Waals surface area (Å²) in [6.45, 7) is 1.94. The molecule has 0 heterocycles. The first-order valence-corrected chi connectivity index (χ1v) is 7.49. The molecule has 1 aliphatic rings. The van der Waals surface area contributed by atoms with E-state index in [9.17, 15) is 14.4 Å². The summed E-state index contributed by atoms with van der Waals surface area (Å²) < 4.78 is 4.94. The maximum atomic E-state index is 12.4. The molecule has 4 nitrogen and oxygen atoms in total. The third-order valence-electron chi connectivity index (χ3n) is 3.87. The highest BCUT2D eigenvalue weighted by Gasteiger charge is 2.29. The molecule has 21 heavy (non-hydrogen) atoms. The summed E-state index contributed by atoms with van der Waals surface area (Å²) in [6.07, 6.45) is 4.64. The molecule has 0 aliphatic heterocycles. The van der Waals surface area contributed by atoms with E-state index >= 15 is 0 Å². The van der Waals surface area contributed by atoms with Crippen LogP contribution in [-0.4, -0.2) is 24.1 Å². The second-order valence-electron chi connectivity index (χ2n) is 5.29. The lowest BCUT2D eigenvalue weighted by atomic mass is 9.83.